The number of nitrogens with zero attached hydrogens (tertiary/aromatic N) is 4. The van der Waals surface area contributed by atoms with Crippen LogP contribution in [0.25, 0.3) is 0 Å². The number of rotatable bonds is 4. The topological polar surface area (TPSA) is 72.3 Å². The predicted molar refractivity (Wildman–Crippen MR) is 91.2 cm³/mol. The van der Waals surface area contributed by atoms with Gasteiger partial charge in [-0.05, 0) is 12.2 Å². The van der Waals surface area contributed by atoms with Gasteiger partial charge < -0.3 is 15.0 Å². The molecule has 26 heavy (non-hydrogen) atoms. The quantitative estimate of drug-likeness (QED) is 0.879. The average molecular weight is 373 g/mol. The molecule has 7 nitrogen and oxygen atoms in total. The van der Waals surface area contributed by atoms with Crippen LogP contribution < -0.4 is 10.2 Å². The highest BCUT2D eigenvalue weighted by molar-refractivity contribution is 5.92. The number of alkyl halides is 3. The number of nitrogens with one attached hydrogen (secondary N) is 1. The molecule has 0 unspecified atom stereocenters. The second kappa shape index (κ2) is 9.07. The van der Waals surface area contributed by atoms with E-state index in [4.69, 9.17) is 0 Å². The van der Waals surface area contributed by atoms with Crippen LogP contribution in [0.15, 0.2) is 35.8 Å². The highest BCUT2D eigenvalue weighted by atomic mass is 19.4. The third kappa shape index (κ3) is 5.94. The van der Waals surface area contributed by atoms with Crippen LogP contribution in [0.1, 0.15) is 30.9 Å². The maximum atomic E-state index is 12.3. The molecule has 1 aromatic heterocycles. The van der Waals surface area contributed by atoms with E-state index in [0.717, 1.165) is 0 Å². The summed E-state index contributed by atoms with van der Waals surface area (Å²) in [6, 6.07) is 0. The van der Waals surface area contributed by atoms with Crippen LogP contribution in [-0.4, -0.2) is 41.1 Å². The third-order valence-corrected chi connectivity index (χ3v) is 3.03. The molecule has 0 saturated carbocycles. The molecule has 0 aliphatic heterocycles. The Morgan fingerprint density at radius 2 is 1.85 bits per heavy atom. The Labute approximate surface area is 149 Å². The van der Waals surface area contributed by atoms with Gasteiger partial charge in [-0.1, -0.05) is 26.0 Å². The highest BCUT2D eigenvalue weighted by Gasteiger charge is 2.32. The van der Waals surface area contributed by atoms with Crippen molar-refractivity contribution in [3.8, 4) is 0 Å². The first-order valence-corrected chi connectivity index (χ1v) is 7.87. The van der Waals surface area contributed by atoms with Gasteiger partial charge in [0.05, 0.1) is 0 Å². The molecule has 0 saturated heterocycles. The summed E-state index contributed by atoms with van der Waals surface area (Å²) in [7, 11) is 5.11. The van der Waals surface area contributed by atoms with Gasteiger partial charge in [0.2, 0.25) is 11.8 Å². The Hall–Kier alpha value is -2.78. The summed E-state index contributed by atoms with van der Waals surface area (Å²) in [5.41, 5.74) is 0.249. The predicted octanol–water partition coefficient (Wildman–Crippen LogP) is 2.90. The molecule has 1 aliphatic carbocycles. The number of hydrogen-bond donors (Lipinski definition) is 1. The number of allylic oxidation sites excluding steroid dienone is 4. The fourth-order valence-electron chi connectivity index (χ4n) is 2.05. The average Bonchev–Trinajstić information content (AvgIpc) is 2.80. The minimum Gasteiger partial charge on any atom is -0.410 e. The lowest BCUT2D eigenvalue weighted by Gasteiger charge is -2.14. The number of aromatic nitrogens is 3. The van der Waals surface area contributed by atoms with E-state index >= 15 is 0 Å². The van der Waals surface area contributed by atoms with Gasteiger partial charge in [0.15, 0.2) is 0 Å². The molecular formula is C16H22F3N5O2. The fraction of sp³-hybridized carbons (Fsp3) is 0.438. The van der Waals surface area contributed by atoms with E-state index in [1.807, 2.05) is 13.8 Å². The number of ether oxygens (including phenoxy) is 1. The van der Waals surface area contributed by atoms with Gasteiger partial charge in [-0.15, -0.1) is 23.4 Å². The number of carbonyl (C=O) groups is 1. The minimum atomic E-state index is -4.79. The minimum absolute atomic E-state index is 0.0371. The van der Waals surface area contributed by atoms with E-state index < -0.39 is 12.3 Å². The van der Waals surface area contributed by atoms with Crippen molar-refractivity contribution in [1.29, 1.82) is 0 Å². The van der Waals surface area contributed by atoms with Crippen LogP contribution in [0.3, 0.4) is 0 Å². The molecule has 1 amide bonds. The van der Waals surface area contributed by atoms with E-state index in [1.54, 1.807) is 26.0 Å². The summed E-state index contributed by atoms with van der Waals surface area (Å²) in [5, 5.41) is 10.2. The summed E-state index contributed by atoms with van der Waals surface area (Å²) in [4.78, 5) is 13.9. The molecule has 0 fully saturated rings. The highest BCUT2D eigenvalue weighted by Crippen LogP contribution is 2.25. The van der Waals surface area contributed by atoms with Crippen molar-refractivity contribution in [3.05, 3.63) is 41.6 Å². The van der Waals surface area contributed by atoms with Crippen LogP contribution in [0, 0.1) is 0 Å². The Balaban J connectivity index is 0.00000163. The van der Waals surface area contributed by atoms with Crippen LogP contribution in [-0.2, 0) is 11.8 Å². The maximum absolute atomic E-state index is 12.3. The second-order valence-electron chi connectivity index (χ2n) is 5.17. The van der Waals surface area contributed by atoms with Crippen molar-refractivity contribution in [1.82, 2.24) is 20.1 Å². The normalized spacial score (nSPS) is 13.7. The lowest BCUT2D eigenvalue weighted by molar-refractivity contribution is -0.306. The standard InChI is InChI=1S/C14H16F3N5O2.C2H6/c1-21(2)13-20-19-11(22(13)3)12(23)18-9-6-4-5-7-10(8-9)24-14(15,16)17;1-2/h4-7H,8H2,1-3H3,(H,18,23);1-2H3. The number of amides is 1. The van der Waals surface area contributed by atoms with Gasteiger partial charge in [0, 0.05) is 33.3 Å². The molecule has 1 N–H and O–H groups in total. The van der Waals surface area contributed by atoms with E-state index in [2.05, 4.69) is 20.3 Å². The van der Waals surface area contributed by atoms with Crippen molar-refractivity contribution in [2.24, 2.45) is 7.05 Å². The second-order valence-corrected chi connectivity index (χ2v) is 5.17. The van der Waals surface area contributed by atoms with Gasteiger partial charge in [-0.2, -0.15) is 0 Å². The van der Waals surface area contributed by atoms with Crippen molar-refractivity contribution < 1.29 is 22.7 Å². The lowest BCUT2D eigenvalue weighted by atomic mass is 10.2. The Morgan fingerprint density at radius 1 is 1.23 bits per heavy atom. The SMILES string of the molecule is CC.CN(C)c1nnc(C(=O)NC2=CC=CC=C(OC(F)(F)F)C2)n1C. The fourth-order valence-corrected chi connectivity index (χ4v) is 2.05. The maximum Gasteiger partial charge on any atom is 0.572 e. The summed E-state index contributed by atoms with van der Waals surface area (Å²) >= 11 is 0. The largest absolute Gasteiger partial charge is 0.572 e. The van der Waals surface area contributed by atoms with Crippen molar-refractivity contribution in [2.45, 2.75) is 26.6 Å². The molecule has 10 heteroatoms. The number of carbonyl (C=O) groups excluding carboxylic acids is 1. The summed E-state index contributed by atoms with van der Waals surface area (Å²) < 4.78 is 42.4. The summed E-state index contributed by atoms with van der Waals surface area (Å²) in [6.07, 6.45) is 0.580. The van der Waals surface area contributed by atoms with Gasteiger partial charge in [-0.25, -0.2) is 0 Å². The number of hydrogen-bond acceptors (Lipinski definition) is 5. The molecule has 0 bridgehead atoms. The Kier molecular flexibility index (Phi) is 7.41. The van der Waals surface area contributed by atoms with E-state index in [9.17, 15) is 18.0 Å². The van der Waals surface area contributed by atoms with Crippen LogP contribution >= 0.6 is 0 Å². The number of anilines is 1. The monoisotopic (exact) mass is 373 g/mol. The molecule has 2 rings (SSSR count). The molecule has 1 aromatic rings. The lowest BCUT2D eigenvalue weighted by Crippen LogP contribution is -2.27. The molecule has 0 atom stereocenters. The zero-order chi connectivity index (χ0) is 19.9. The van der Waals surface area contributed by atoms with E-state index in [1.165, 1.54) is 28.9 Å². The van der Waals surface area contributed by atoms with Crippen molar-refractivity contribution in [3.63, 3.8) is 0 Å². The van der Waals surface area contributed by atoms with Gasteiger partial charge >= 0.3 is 6.36 Å². The molecule has 0 spiro atoms. The first-order chi connectivity index (χ1) is 12.2. The van der Waals surface area contributed by atoms with Crippen molar-refractivity contribution >= 4 is 11.9 Å². The zero-order valence-corrected chi connectivity index (χ0v) is 15.3. The third-order valence-electron chi connectivity index (χ3n) is 3.03. The van der Waals surface area contributed by atoms with Crippen molar-refractivity contribution in [2.75, 3.05) is 19.0 Å². The van der Waals surface area contributed by atoms with Crippen LogP contribution in [0.5, 0.6) is 0 Å². The molecule has 144 valence electrons. The smallest absolute Gasteiger partial charge is 0.410 e. The van der Waals surface area contributed by atoms with Gasteiger partial charge in [-0.3, -0.25) is 9.36 Å². The van der Waals surface area contributed by atoms with Gasteiger partial charge in [0.25, 0.3) is 5.91 Å². The molecular weight excluding hydrogens is 351 g/mol. The Bertz CT molecular complexity index is 718. The summed E-state index contributed by atoms with van der Waals surface area (Å²) in [5.74, 6) is -0.397. The zero-order valence-electron chi connectivity index (χ0n) is 15.3. The first-order valence-electron chi connectivity index (χ1n) is 7.87. The van der Waals surface area contributed by atoms with E-state index in [0.29, 0.717) is 5.95 Å². The molecule has 1 heterocycles. The molecule has 0 radical (unpaired) electrons. The molecule has 1 aliphatic rings. The van der Waals surface area contributed by atoms with Crippen LogP contribution in [0.4, 0.5) is 19.1 Å². The van der Waals surface area contributed by atoms with E-state index in [-0.39, 0.29) is 23.7 Å². The Morgan fingerprint density at radius 3 is 2.38 bits per heavy atom. The van der Waals surface area contributed by atoms with Gasteiger partial charge in [0.1, 0.15) is 5.76 Å². The molecule has 0 aromatic carbocycles. The van der Waals surface area contributed by atoms with Crippen LogP contribution in [0.2, 0.25) is 0 Å². The summed E-state index contributed by atoms with van der Waals surface area (Å²) in [6.45, 7) is 4.00. The number of halogens is 3. The first kappa shape index (κ1) is 21.3.